The number of hydrogen-bond donors (Lipinski definition) is 2. The fraction of sp³-hybridized carbons (Fsp3) is 0.704. The minimum Gasteiger partial charge on any atom is -0.458 e. The minimum absolute atomic E-state index is 0.0734. The van der Waals surface area contributed by atoms with Crippen molar-refractivity contribution in [2.45, 2.75) is 85.8 Å². The second kappa shape index (κ2) is 14.6. The van der Waals surface area contributed by atoms with Crippen molar-refractivity contribution in [2.75, 3.05) is 26.4 Å². The van der Waals surface area contributed by atoms with Crippen molar-refractivity contribution < 1.29 is 38.1 Å². The van der Waals surface area contributed by atoms with E-state index >= 15 is 0 Å². The van der Waals surface area contributed by atoms with E-state index in [2.05, 4.69) is 37.6 Å². The molecule has 0 aliphatic heterocycles. The van der Waals surface area contributed by atoms with Crippen molar-refractivity contribution >= 4 is 24.1 Å². The van der Waals surface area contributed by atoms with Gasteiger partial charge in [0.1, 0.15) is 13.2 Å². The van der Waals surface area contributed by atoms with Crippen LogP contribution in [0.15, 0.2) is 24.3 Å². The molecule has 0 aromatic rings. The third-order valence-corrected chi connectivity index (χ3v) is 5.93. The van der Waals surface area contributed by atoms with Crippen LogP contribution in [0.1, 0.15) is 73.6 Å². The van der Waals surface area contributed by atoms with Gasteiger partial charge in [-0.1, -0.05) is 47.3 Å². The fourth-order valence-electron chi connectivity index (χ4n) is 4.57. The molecule has 1 saturated carbocycles. The summed E-state index contributed by atoms with van der Waals surface area (Å²) in [5.74, 6) is -1.30. The summed E-state index contributed by atoms with van der Waals surface area (Å²) in [6, 6.07) is -0.100. The number of nitrogens with one attached hydrogen (secondary N) is 2. The van der Waals surface area contributed by atoms with Gasteiger partial charge in [-0.25, -0.2) is 19.2 Å². The smallest absolute Gasteiger partial charge is 0.407 e. The van der Waals surface area contributed by atoms with E-state index in [1.54, 1.807) is 0 Å². The van der Waals surface area contributed by atoms with Gasteiger partial charge in [-0.3, -0.25) is 0 Å². The monoisotopic (exact) mass is 524 g/mol. The van der Waals surface area contributed by atoms with Gasteiger partial charge in [0, 0.05) is 23.7 Å². The zero-order chi connectivity index (χ0) is 28.2. The number of esters is 2. The Bertz CT molecular complexity index is 823. The molecule has 1 rings (SSSR count). The molecule has 2 unspecified atom stereocenters. The summed E-state index contributed by atoms with van der Waals surface area (Å²) >= 11 is 0. The number of hydrogen-bond acceptors (Lipinski definition) is 8. The number of alkyl carbamates (subject to hydrolysis) is 2. The lowest BCUT2D eigenvalue weighted by Gasteiger charge is -2.46. The molecule has 0 bridgehead atoms. The normalized spacial score (nSPS) is 20.4. The average Bonchev–Trinajstić information content (AvgIpc) is 2.77. The van der Waals surface area contributed by atoms with E-state index in [1.165, 1.54) is 13.8 Å². The molecule has 0 saturated heterocycles. The Morgan fingerprint density at radius 1 is 0.919 bits per heavy atom. The molecule has 210 valence electrons. The van der Waals surface area contributed by atoms with Gasteiger partial charge in [0.05, 0.1) is 6.61 Å². The number of rotatable bonds is 13. The molecule has 2 atom stereocenters. The van der Waals surface area contributed by atoms with E-state index in [0.29, 0.717) is 19.6 Å². The number of carbonyl (C=O) groups is 4. The predicted molar refractivity (Wildman–Crippen MR) is 139 cm³/mol. The van der Waals surface area contributed by atoms with Crippen molar-refractivity contribution in [1.82, 2.24) is 10.6 Å². The molecule has 1 aliphatic carbocycles. The highest BCUT2D eigenvalue weighted by atomic mass is 16.6. The highest BCUT2D eigenvalue weighted by molar-refractivity contribution is 5.87. The molecule has 1 fully saturated rings. The molecule has 0 aromatic carbocycles. The Morgan fingerprint density at radius 3 is 2.00 bits per heavy atom. The molecular formula is C27H44N2O8. The molecule has 10 heteroatoms. The van der Waals surface area contributed by atoms with Gasteiger partial charge in [0.25, 0.3) is 0 Å². The van der Waals surface area contributed by atoms with E-state index in [-0.39, 0.29) is 41.2 Å². The first-order valence-corrected chi connectivity index (χ1v) is 12.7. The largest absolute Gasteiger partial charge is 0.458 e. The van der Waals surface area contributed by atoms with Gasteiger partial charge >= 0.3 is 24.1 Å². The summed E-state index contributed by atoms with van der Waals surface area (Å²) in [6.45, 7) is 18.4. The number of unbranched alkanes of at least 4 members (excludes halogenated alkanes) is 1. The lowest BCUT2D eigenvalue weighted by molar-refractivity contribution is -0.147. The fourth-order valence-corrected chi connectivity index (χ4v) is 4.57. The zero-order valence-corrected chi connectivity index (χ0v) is 23.2. The van der Waals surface area contributed by atoms with Crippen LogP contribution in [0.25, 0.3) is 0 Å². The average molecular weight is 525 g/mol. The van der Waals surface area contributed by atoms with Crippen LogP contribution in [0, 0.1) is 10.8 Å². The third kappa shape index (κ3) is 12.7. The quantitative estimate of drug-likeness (QED) is 0.157. The molecule has 0 heterocycles. The highest BCUT2D eigenvalue weighted by Crippen LogP contribution is 2.45. The number of carbonyl (C=O) groups excluding carboxylic acids is 4. The van der Waals surface area contributed by atoms with Crippen molar-refractivity contribution in [3.05, 3.63) is 24.3 Å². The van der Waals surface area contributed by atoms with Crippen LogP contribution >= 0.6 is 0 Å². The van der Waals surface area contributed by atoms with Gasteiger partial charge in [-0.2, -0.15) is 0 Å². The van der Waals surface area contributed by atoms with Gasteiger partial charge in [-0.15, -0.1) is 0 Å². The van der Waals surface area contributed by atoms with E-state index in [0.717, 1.165) is 25.7 Å². The first-order valence-electron chi connectivity index (χ1n) is 12.7. The summed E-state index contributed by atoms with van der Waals surface area (Å²) < 4.78 is 20.8. The van der Waals surface area contributed by atoms with Crippen LogP contribution in [0.3, 0.4) is 0 Å². The summed E-state index contributed by atoms with van der Waals surface area (Å²) in [5.41, 5.74) is -0.0216. The van der Waals surface area contributed by atoms with E-state index < -0.39 is 30.2 Å². The van der Waals surface area contributed by atoms with Crippen molar-refractivity contribution in [3.8, 4) is 0 Å². The van der Waals surface area contributed by atoms with Crippen LogP contribution < -0.4 is 10.6 Å². The highest BCUT2D eigenvalue weighted by Gasteiger charge is 2.42. The molecular weight excluding hydrogens is 480 g/mol. The Morgan fingerprint density at radius 2 is 1.49 bits per heavy atom. The topological polar surface area (TPSA) is 129 Å². The van der Waals surface area contributed by atoms with E-state index in [9.17, 15) is 19.2 Å². The first-order chi connectivity index (χ1) is 17.2. The molecule has 10 nitrogen and oxygen atoms in total. The maximum absolute atomic E-state index is 12.6. The van der Waals surface area contributed by atoms with E-state index in [4.69, 9.17) is 18.9 Å². The molecule has 0 spiro atoms. The predicted octanol–water partition coefficient (Wildman–Crippen LogP) is 4.43. The van der Waals surface area contributed by atoms with Gasteiger partial charge in [0.2, 0.25) is 0 Å². The maximum atomic E-state index is 12.6. The summed E-state index contributed by atoms with van der Waals surface area (Å²) in [4.78, 5) is 48.3. The minimum atomic E-state index is -1.02. The van der Waals surface area contributed by atoms with E-state index in [1.807, 2.05) is 13.8 Å². The van der Waals surface area contributed by atoms with Gasteiger partial charge < -0.3 is 29.6 Å². The lowest BCUT2D eigenvalue weighted by Crippen LogP contribution is -2.50. The number of ether oxygens (including phenoxy) is 4. The van der Waals surface area contributed by atoms with Crippen molar-refractivity contribution in [2.24, 2.45) is 10.8 Å². The maximum Gasteiger partial charge on any atom is 0.407 e. The summed E-state index contributed by atoms with van der Waals surface area (Å²) in [5, 5.41) is 5.74. The standard InChI is InChI=1S/C27H44N2O8/c1-9-10-11-34-25(33)29-20-12-26(6,7)16-27(8,13-20)17-28-24(32)37-21(14-35-22(30)18(2)3)15-36-23(31)19(4)5/h20-21H,2,4,9-17H2,1,3,5-8H3,(H,28,32)(H,29,33). The molecule has 0 aromatic heterocycles. The molecule has 2 amide bonds. The third-order valence-electron chi connectivity index (χ3n) is 5.93. The Kier molecular flexibility index (Phi) is 12.7. The van der Waals surface area contributed by atoms with Gasteiger partial charge in [0.15, 0.2) is 6.10 Å². The van der Waals surface area contributed by atoms with Crippen LogP contribution in [-0.4, -0.2) is 62.6 Å². The Labute approximate surface area is 220 Å². The van der Waals surface area contributed by atoms with Crippen molar-refractivity contribution in [3.63, 3.8) is 0 Å². The first kappa shape index (κ1) is 32.0. The van der Waals surface area contributed by atoms with Crippen LogP contribution in [0.4, 0.5) is 9.59 Å². The number of amides is 2. The van der Waals surface area contributed by atoms with Crippen LogP contribution in [0.2, 0.25) is 0 Å². The summed E-state index contributed by atoms with van der Waals surface area (Å²) in [7, 11) is 0. The molecule has 2 N–H and O–H groups in total. The second-order valence-corrected chi connectivity index (χ2v) is 11.0. The molecule has 37 heavy (non-hydrogen) atoms. The van der Waals surface area contributed by atoms with Crippen LogP contribution in [-0.2, 0) is 28.5 Å². The Hall–Kier alpha value is -3.04. The summed E-state index contributed by atoms with van der Waals surface area (Å²) in [6.07, 6.45) is 1.83. The van der Waals surface area contributed by atoms with Gasteiger partial charge in [-0.05, 0) is 50.4 Å². The second-order valence-electron chi connectivity index (χ2n) is 11.0. The SMILES string of the molecule is C=C(C)C(=O)OCC(COC(=O)C(=C)C)OC(=O)NCC1(C)CC(NC(=O)OCCCC)CC(C)(C)C1. The molecule has 1 aliphatic rings. The zero-order valence-electron chi connectivity index (χ0n) is 23.2. The molecule has 0 radical (unpaired) electrons. The Balaban J connectivity index is 2.73. The van der Waals surface area contributed by atoms with Crippen molar-refractivity contribution in [1.29, 1.82) is 0 Å². The lowest BCUT2D eigenvalue weighted by atomic mass is 9.62. The van der Waals surface area contributed by atoms with Crippen LogP contribution in [0.5, 0.6) is 0 Å².